The average Bonchev–Trinajstić information content (AvgIpc) is 2.50. The molecular weight excluding hydrogens is 388 g/mol. The van der Waals surface area contributed by atoms with Crippen LogP contribution in [0, 0.1) is 11.8 Å². The lowest BCUT2D eigenvalue weighted by atomic mass is 9.98. The van der Waals surface area contributed by atoms with Crippen LogP contribution in [0.1, 0.15) is 46.5 Å². The maximum Gasteiger partial charge on any atom is 0.341 e. The average molecular weight is 421 g/mol. The van der Waals surface area contributed by atoms with Crippen LogP contribution in [0.3, 0.4) is 0 Å². The molecule has 1 aromatic rings. The number of hydrogen-bond donors (Lipinski definition) is 2. The van der Waals surface area contributed by atoms with Crippen LogP contribution in [0.25, 0.3) is 0 Å². The zero-order chi connectivity index (χ0) is 20.7. The first-order valence-electron chi connectivity index (χ1n) is 9.35. The zero-order valence-corrected chi connectivity index (χ0v) is 18.4. The third kappa shape index (κ3) is 9.87. The van der Waals surface area contributed by atoms with Gasteiger partial charge < -0.3 is 24.0 Å². The van der Waals surface area contributed by atoms with E-state index in [4.69, 9.17) is 4.74 Å². The van der Waals surface area contributed by atoms with E-state index in [1.54, 1.807) is 24.5 Å². The molecule has 0 amide bonds. The number of ether oxygens (including phenoxy) is 1. The van der Waals surface area contributed by atoms with Gasteiger partial charge in [-0.05, 0) is 31.0 Å². The minimum atomic E-state index is -4.77. The summed E-state index contributed by atoms with van der Waals surface area (Å²) in [5.74, 6) is 1.83. The van der Waals surface area contributed by atoms with Gasteiger partial charge in [0.1, 0.15) is 0 Å². The maximum atomic E-state index is 11.7. The van der Waals surface area contributed by atoms with E-state index in [0.717, 1.165) is 25.4 Å². The number of rotatable bonds is 12. The predicted molar refractivity (Wildman–Crippen MR) is 104 cm³/mol. The van der Waals surface area contributed by atoms with Crippen molar-refractivity contribution in [1.29, 1.82) is 0 Å². The van der Waals surface area contributed by atoms with Gasteiger partial charge in [-0.3, -0.25) is 4.57 Å². The van der Waals surface area contributed by atoms with Gasteiger partial charge in [0.05, 0.1) is 6.61 Å². The van der Waals surface area contributed by atoms with Crippen LogP contribution in [-0.4, -0.2) is 28.5 Å². The van der Waals surface area contributed by atoms with Crippen LogP contribution in [-0.2, 0) is 15.7 Å². The van der Waals surface area contributed by atoms with Crippen molar-refractivity contribution in [1.82, 2.24) is 0 Å². The lowest BCUT2D eigenvalue weighted by molar-refractivity contribution is -0.695. The Morgan fingerprint density at radius 3 is 2.41 bits per heavy atom. The highest BCUT2D eigenvalue weighted by atomic mass is 31.2. The first-order valence-corrected chi connectivity index (χ1v) is 13.2. The minimum absolute atomic E-state index is 0.315. The summed E-state index contributed by atoms with van der Waals surface area (Å²) < 4.78 is 30.4. The van der Waals surface area contributed by atoms with Crippen LogP contribution in [0.5, 0.6) is 5.75 Å². The molecule has 0 fully saturated rings. The maximum absolute atomic E-state index is 11.7. The van der Waals surface area contributed by atoms with Gasteiger partial charge in [0.25, 0.3) is 0 Å². The fraction of sp³-hybridized carbons (Fsp3) is 0.722. The summed E-state index contributed by atoms with van der Waals surface area (Å²) in [4.78, 5) is 30.4. The molecule has 0 aliphatic carbocycles. The Balaban J connectivity index is 2.59. The molecule has 3 atom stereocenters. The summed E-state index contributed by atoms with van der Waals surface area (Å²) >= 11 is 0. The first kappa shape index (κ1) is 24.3. The molecule has 2 N–H and O–H groups in total. The minimum Gasteiger partial charge on any atom is -0.799 e. The Morgan fingerprint density at radius 2 is 1.85 bits per heavy atom. The summed E-state index contributed by atoms with van der Waals surface area (Å²) in [5.41, 5.74) is 0. The number of hydrogen-bond acceptors (Lipinski definition) is 4. The lowest BCUT2D eigenvalue weighted by Gasteiger charge is -2.27. The second-order valence-corrected chi connectivity index (χ2v) is 12.4. The predicted octanol–water partition coefficient (Wildman–Crippen LogP) is 2.98. The van der Waals surface area contributed by atoms with Gasteiger partial charge in [0, 0.05) is 13.4 Å². The van der Waals surface area contributed by atoms with Crippen molar-refractivity contribution in [2.75, 3.05) is 13.3 Å². The first-order chi connectivity index (χ1) is 12.4. The molecule has 27 heavy (non-hydrogen) atoms. The second-order valence-electron chi connectivity index (χ2n) is 7.78. The third-order valence-electron chi connectivity index (χ3n) is 4.49. The number of pyridine rings is 1. The van der Waals surface area contributed by atoms with Crippen molar-refractivity contribution in [2.45, 2.75) is 58.4 Å². The van der Waals surface area contributed by atoms with Crippen LogP contribution in [0.4, 0.5) is 0 Å². The van der Waals surface area contributed by atoms with Crippen molar-refractivity contribution < 1.29 is 33.1 Å². The molecule has 0 saturated heterocycles. The van der Waals surface area contributed by atoms with Crippen LogP contribution in [0.15, 0.2) is 24.5 Å². The Morgan fingerprint density at radius 1 is 1.19 bits per heavy atom. The Labute approximate surface area is 162 Å². The zero-order valence-electron chi connectivity index (χ0n) is 16.7. The third-order valence-corrected chi connectivity index (χ3v) is 8.84. The van der Waals surface area contributed by atoms with E-state index in [0.29, 0.717) is 18.3 Å². The monoisotopic (exact) mass is 421 g/mol. The van der Waals surface area contributed by atoms with Crippen molar-refractivity contribution in [2.24, 2.45) is 11.8 Å². The molecule has 1 rings (SSSR count). The summed E-state index contributed by atoms with van der Waals surface area (Å²) in [6, 6.07) is 3.42. The fourth-order valence-electron chi connectivity index (χ4n) is 2.81. The smallest absolute Gasteiger partial charge is 0.341 e. The summed E-state index contributed by atoms with van der Waals surface area (Å²) in [7, 11) is -8.97. The van der Waals surface area contributed by atoms with E-state index in [-0.39, 0.29) is 6.54 Å². The standard InChI is InChI=1S/C18H33NO6P2/c1-15(2)7-5-8-16(3)10-12-25-17-9-6-11-19(13-17)14-18(26(4,20)21)27(22,23)24/h6,9,11,13,15-16,18H,5,7-8,10,12,14H2,1-4H3,(H2-,20,21,22,23,24). The fourth-order valence-corrected chi connectivity index (χ4v) is 5.88. The molecule has 0 saturated carbocycles. The van der Waals surface area contributed by atoms with Gasteiger partial charge in [-0.25, -0.2) is 4.57 Å². The highest BCUT2D eigenvalue weighted by molar-refractivity contribution is 7.72. The largest absolute Gasteiger partial charge is 0.799 e. The van der Waals surface area contributed by atoms with E-state index < -0.39 is 20.4 Å². The van der Waals surface area contributed by atoms with Gasteiger partial charge in [-0.1, -0.05) is 40.0 Å². The Kier molecular flexibility index (Phi) is 9.67. The normalized spacial score (nSPS) is 16.7. The van der Waals surface area contributed by atoms with Gasteiger partial charge in [-0.2, -0.15) is 0 Å². The highest BCUT2D eigenvalue weighted by Crippen LogP contribution is 2.57. The summed E-state index contributed by atoms with van der Waals surface area (Å²) in [6.45, 7) is 7.73. The van der Waals surface area contributed by atoms with Crippen molar-refractivity contribution >= 4 is 15.0 Å². The molecule has 0 aliphatic heterocycles. The topological polar surface area (TPSA) is 111 Å². The molecule has 1 heterocycles. The summed E-state index contributed by atoms with van der Waals surface area (Å²) in [5, 5.41) is -1.74. The molecular formula is C18H33NO6P2. The second kappa shape index (κ2) is 10.7. The van der Waals surface area contributed by atoms with Crippen molar-refractivity contribution in [3.05, 3.63) is 24.5 Å². The molecule has 0 aromatic carbocycles. The molecule has 0 spiro atoms. The quantitative estimate of drug-likeness (QED) is 0.397. The van der Waals surface area contributed by atoms with Crippen molar-refractivity contribution in [3.8, 4) is 5.75 Å². The number of nitrogens with zero attached hydrogens (tertiary/aromatic N) is 1. The SMILES string of the molecule is CC(C)CCCC(C)CCOc1ccc[n+](CC(P(C)(=O)[O-])P(=O)(O)O)c1. The van der Waals surface area contributed by atoms with Gasteiger partial charge in [0.2, 0.25) is 6.20 Å². The number of aromatic nitrogens is 1. The van der Waals surface area contributed by atoms with Crippen LogP contribution >= 0.6 is 15.0 Å². The molecule has 156 valence electrons. The molecule has 0 radical (unpaired) electrons. The highest BCUT2D eigenvalue weighted by Gasteiger charge is 2.38. The summed E-state index contributed by atoms with van der Waals surface area (Å²) in [6.07, 6.45) is 7.66. The van der Waals surface area contributed by atoms with E-state index >= 15 is 0 Å². The van der Waals surface area contributed by atoms with E-state index in [1.165, 1.54) is 17.4 Å². The Hall–Kier alpha value is -0.710. The van der Waals surface area contributed by atoms with E-state index in [1.807, 2.05) is 0 Å². The van der Waals surface area contributed by atoms with Gasteiger partial charge in [-0.15, -0.1) is 0 Å². The van der Waals surface area contributed by atoms with Crippen molar-refractivity contribution in [3.63, 3.8) is 0 Å². The molecule has 3 unspecified atom stereocenters. The van der Waals surface area contributed by atoms with Crippen LogP contribution in [0.2, 0.25) is 0 Å². The van der Waals surface area contributed by atoms with Gasteiger partial charge >= 0.3 is 7.60 Å². The molecule has 0 aliphatic rings. The van der Waals surface area contributed by atoms with Gasteiger partial charge in [0.15, 0.2) is 23.9 Å². The van der Waals surface area contributed by atoms with E-state index in [9.17, 15) is 23.8 Å². The van der Waals surface area contributed by atoms with Crippen LogP contribution < -0.4 is 14.2 Å². The molecule has 7 nitrogen and oxygen atoms in total. The molecule has 0 bridgehead atoms. The van der Waals surface area contributed by atoms with E-state index in [2.05, 4.69) is 20.8 Å². The molecule has 1 aromatic heterocycles. The molecule has 9 heteroatoms. The lowest BCUT2D eigenvalue weighted by Crippen LogP contribution is -2.40. The Bertz CT molecular complexity index is 648.